The van der Waals surface area contributed by atoms with E-state index in [4.69, 9.17) is 5.26 Å². The molecule has 0 radical (unpaired) electrons. The first-order valence-electron chi connectivity index (χ1n) is 8.53. The van der Waals surface area contributed by atoms with Gasteiger partial charge in [0.05, 0.1) is 10.3 Å². The molecule has 0 saturated heterocycles. The molecule has 30 heavy (non-hydrogen) atoms. The molecule has 2 aromatic carbocycles. The van der Waals surface area contributed by atoms with Gasteiger partial charge in [0, 0.05) is 17.8 Å². The number of hydrogen-bond donors (Lipinski definition) is 4. The van der Waals surface area contributed by atoms with E-state index in [0.717, 1.165) is 0 Å². The summed E-state index contributed by atoms with van der Waals surface area (Å²) in [5.74, 6) is -0.506. The number of carbonyl (C=O) groups is 2. The van der Waals surface area contributed by atoms with Gasteiger partial charge < -0.3 is 5.32 Å². The second kappa shape index (κ2) is 8.80. The molecular weight excluding hydrogens is 461 g/mol. The summed E-state index contributed by atoms with van der Waals surface area (Å²) in [5, 5.41) is 24.0. The van der Waals surface area contributed by atoms with E-state index in [1.165, 1.54) is 37.3 Å². The number of nitrogens with zero attached hydrogens (tertiary/aromatic N) is 1. The molecule has 0 fully saturated rings. The molecule has 1 aliphatic rings. The third-order valence-electron chi connectivity index (χ3n) is 4.33. The molecule has 1 aliphatic heterocycles. The minimum atomic E-state index is -4.92. The fraction of sp³-hybridized carbons (Fsp3) is 0.222. The van der Waals surface area contributed by atoms with E-state index in [9.17, 15) is 27.5 Å². The predicted octanol–water partition coefficient (Wildman–Crippen LogP) is 1.53. The van der Waals surface area contributed by atoms with Crippen molar-refractivity contribution in [3.8, 4) is 0 Å². The van der Waals surface area contributed by atoms with E-state index in [2.05, 4.69) is 14.5 Å². The Morgan fingerprint density at radius 3 is 2.47 bits per heavy atom. The molecule has 12 heteroatoms. The third-order valence-corrected chi connectivity index (χ3v) is 6.89. The van der Waals surface area contributed by atoms with Crippen LogP contribution in [0.1, 0.15) is 26.3 Å². The third kappa shape index (κ3) is 4.95. The molecule has 1 atom stereocenters. The normalized spacial score (nSPS) is 15.7. The van der Waals surface area contributed by atoms with Crippen molar-refractivity contribution in [2.24, 2.45) is 0 Å². The van der Waals surface area contributed by atoms with E-state index < -0.39 is 24.5 Å². The van der Waals surface area contributed by atoms with Crippen molar-refractivity contribution in [2.45, 2.75) is 26.2 Å². The van der Waals surface area contributed by atoms with Gasteiger partial charge in [-0.25, -0.2) is 0 Å². The molecule has 0 spiro atoms. The van der Waals surface area contributed by atoms with Crippen molar-refractivity contribution < 1.29 is 31.5 Å². The molecule has 1 heterocycles. The van der Waals surface area contributed by atoms with Crippen LogP contribution in [0.15, 0.2) is 42.5 Å². The van der Waals surface area contributed by atoms with Crippen molar-refractivity contribution >= 4 is 47.4 Å². The van der Waals surface area contributed by atoms with Crippen LogP contribution in [0.5, 0.6) is 0 Å². The van der Waals surface area contributed by atoms with Gasteiger partial charge >= 0.3 is 88.4 Å². The molecule has 11 nitrogen and oxygen atoms in total. The summed E-state index contributed by atoms with van der Waals surface area (Å²) in [6.07, 6.45) is 0. The number of carbonyl (C=O) groups excluding carboxylic acids is 2. The number of nitrogens with one attached hydrogen (secondary N) is 2. The number of amides is 2. The minimum absolute atomic E-state index is 0.0123. The van der Waals surface area contributed by atoms with Crippen LogP contribution in [-0.4, -0.2) is 40.3 Å². The van der Waals surface area contributed by atoms with Crippen molar-refractivity contribution in [1.29, 1.82) is 0 Å². The zero-order chi connectivity index (χ0) is 22.7. The Labute approximate surface area is 174 Å². The molecule has 0 aliphatic carbocycles. The Morgan fingerprint density at radius 1 is 1.27 bits per heavy atom. The Bertz CT molecular complexity index is 1050. The minimum Gasteiger partial charge on any atom is -0.325 e. The fourth-order valence-electron chi connectivity index (χ4n) is 2.73. The van der Waals surface area contributed by atoms with Crippen molar-refractivity contribution in [2.75, 3.05) is 10.6 Å². The Hall–Kier alpha value is -2.98. The van der Waals surface area contributed by atoms with Crippen LogP contribution >= 0.6 is 0 Å². The van der Waals surface area contributed by atoms with E-state index in [1.807, 2.05) is 0 Å². The number of anilines is 2. The van der Waals surface area contributed by atoms with Crippen LogP contribution in [0, 0.1) is 10.1 Å². The van der Waals surface area contributed by atoms with Crippen molar-refractivity contribution in [3.05, 3.63) is 58.1 Å². The van der Waals surface area contributed by atoms with E-state index >= 15 is 0 Å². The van der Waals surface area contributed by atoms with Gasteiger partial charge in [-0.05, 0) is 25.5 Å². The molecular formula is C18H20AsN3O8. The first-order chi connectivity index (χ1) is 13.9. The van der Waals surface area contributed by atoms with Gasteiger partial charge in [-0.1, -0.05) is 0 Å². The number of hydrogen-bond acceptors (Lipinski definition) is 7. The summed E-state index contributed by atoms with van der Waals surface area (Å²) in [5.41, 5.74) is 0.820. The zero-order valence-corrected chi connectivity index (χ0v) is 18.2. The topological polar surface area (TPSA) is 168 Å². The van der Waals surface area contributed by atoms with Gasteiger partial charge in [-0.15, -0.1) is 0 Å². The van der Waals surface area contributed by atoms with Crippen molar-refractivity contribution in [3.63, 3.8) is 0 Å². The zero-order valence-electron chi connectivity index (χ0n) is 16.3. The number of rotatable bonds is 4. The molecule has 4 N–H and O–H groups in total. The molecule has 3 rings (SSSR count). The molecule has 0 saturated carbocycles. The molecule has 160 valence electrons. The van der Waals surface area contributed by atoms with E-state index in [-0.39, 0.29) is 27.5 Å². The van der Waals surface area contributed by atoms with Crippen LogP contribution < -0.4 is 15.0 Å². The maximum absolute atomic E-state index is 11.6. The maximum atomic E-state index is 11.6. The van der Waals surface area contributed by atoms with Gasteiger partial charge in [0.15, 0.2) is 0 Å². The number of nitro benzene ring substituents is 1. The summed E-state index contributed by atoms with van der Waals surface area (Å²) in [4.78, 5) is 32.5. The van der Waals surface area contributed by atoms with Gasteiger partial charge in [0.25, 0.3) is 5.69 Å². The SMILES string of the molecule is CC(=O)Nc1ccccc1[As](=O)(O)OO.CC1(C)C(=O)Nc2ccc([N+](=O)[O-])cc21. The first kappa shape index (κ1) is 23.3. The maximum Gasteiger partial charge on any atom is 0.269 e. The fourth-order valence-corrected chi connectivity index (χ4v) is 4.40. The number of non-ortho nitro benzene ring substituents is 1. The average molecular weight is 481 g/mol. The van der Waals surface area contributed by atoms with Crippen LogP contribution in [0.25, 0.3) is 0 Å². The predicted molar refractivity (Wildman–Crippen MR) is 108 cm³/mol. The van der Waals surface area contributed by atoms with Gasteiger partial charge in [0.1, 0.15) is 0 Å². The summed E-state index contributed by atoms with van der Waals surface area (Å²) in [6.45, 7) is 4.77. The van der Waals surface area contributed by atoms with Crippen LogP contribution in [0.4, 0.5) is 17.1 Å². The number of para-hydroxylation sites is 1. The van der Waals surface area contributed by atoms with Crippen LogP contribution in [0.2, 0.25) is 0 Å². The summed E-state index contributed by atoms with van der Waals surface area (Å²) < 4.78 is 24.1. The summed E-state index contributed by atoms with van der Waals surface area (Å²) >= 11 is -4.92. The Balaban J connectivity index is 0.000000214. The Kier molecular flexibility index (Phi) is 6.83. The van der Waals surface area contributed by atoms with E-state index in [0.29, 0.717) is 11.3 Å². The molecule has 1 unspecified atom stereocenters. The summed E-state index contributed by atoms with van der Waals surface area (Å²) in [7, 11) is 0. The Morgan fingerprint density at radius 2 is 1.90 bits per heavy atom. The molecule has 2 amide bonds. The second-order valence-corrected chi connectivity index (χ2v) is 10.4. The van der Waals surface area contributed by atoms with Crippen LogP contribution in [-0.2, 0) is 22.6 Å². The van der Waals surface area contributed by atoms with Crippen LogP contribution in [0.3, 0.4) is 0 Å². The number of fused-ring (bicyclic) bond motifs is 1. The second-order valence-electron chi connectivity index (χ2n) is 6.87. The summed E-state index contributed by atoms with van der Waals surface area (Å²) in [6, 6.07) is 10.3. The largest absolute Gasteiger partial charge is 0.325 e. The molecule has 0 aromatic heterocycles. The van der Waals surface area contributed by atoms with Crippen molar-refractivity contribution in [1.82, 2.24) is 0 Å². The molecule has 0 bridgehead atoms. The number of benzene rings is 2. The average Bonchev–Trinajstić information content (AvgIpc) is 2.90. The smallest absolute Gasteiger partial charge is 0.269 e. The molecule has 2 aromatic rings. The van der Waals surface area contributed by atoms with Gasteiger partial charge in [0.2, 0.25) is 5.91 Å². The monoisotopic (exact) mass is 481 g/mol. The van der Waals surface area contributed by atoms with Gasteiger partial charge in [-0.2, -0.15) is 0 Å². The van der Waals surface area contributed by atoms with E-state index in [1.54, 1.807) is 26.0 Å². The quantitative estimate of drug-likeness (QED) is 0.221. The first-order valence-corrected chi connectivity index (χ1v) is 11.8. The standard InChI is InChI=1S/C10H10N2O3.C8H10AsNO5/c1-10(2)7-5-6(12(14)15)3-4-8(7)11-9(10)13;1-6(11)10-8-5-3-2-4-7(8)9(12,13)15-14/h3-5H,1-2H3,(H,11,13);2-5,14H,1H3,(H,10,11)(H,12,13). The number of nitro groups is 1. The van der Waals surface area contributed by atoms with Gasteiger partial charge in [-0.3, -0.25) is 14.9 Å².